The second-order valence-corrected chi connectivity index (χ2v) is 14.0. The first-order valence-electron chi connectivity index (χ1n) is 14.6. The van der Waals surface area contributed by atoms with E-state index >= 15 is 0 Å². The first kappa shape index (κ1) is 34.4. The molecule has 0 saturated carbocycles. The molecule has 0 aliphatic carbocycles. The van der Waals surface area contributed by atoms with Crippen molar-refractivity contribution in [3.8, 4) is 0 Å². The van der Waals surface area contributed by atoms with Crippen molar-refractivity contribution in [1.82, 2.24) is 19.8 Å². The summed E-state index contributed by atoms with van der Waals surface area (Å²) in [5.74, 6) is 0. The van der Waals surface area contributed by atoms with Gasteiger partial charge in [0.25, 0.3) is 0 Å². The van der Waals surface area contributed by atoms with Gasteiger partial charge in [0, 0.05) is 37.9 Å². The molecule has 0 bridgehead atoms. The van der Waals surface area contributed by atoms with Crippen LogP contribution in [0.2, 0.25) is 0 Å². The Morgan fingerprint density at radius 2 is 1.40 bits per heavy atom. The van der Waals surface area contributed by atoms with E-state index in [1.54, 1.807) is 35.1 Å². The lowest BCUT2D eigenvalue weighted by Gasteiger charge is -2.27. The number of amides is 3. The maximum Gasteiger partial charge on any atom is 0.415 e. The number of thiazole rings is 2. The molecule has 2 atom stereocenters. The molecular formula is C29H46N6O6S2. The molecule has 0 radical (unpaired) electrons. The third-order valence-electron chi connectivity index (χ3n) is 6.52. The molecule has 12 nitrogen and oxygen atoms in total. The smallest absolute Gasteiger partial charge is 0.415 e. The minimum atomic E-state index is -0.526. The van der Waals surface area contributed by atoms with Crippen molar-refractivity contribution in [3.05, 3.63) is 22.1 Å². The lowest BCUT2D eigenvalue weighted by Crippen LogP contribution is -2.36. The standard InChI is InChI=1S/C16H25N3O4S.C13H21N3O2S/c1-6-22-14(20)18(5)13-17-11(10-24-13)12-8-7-9-19(12)15(21)23-16(2,3)4;1-13(2,3)18-12(17)16-7-5-6-10(16)9-8-19-11(14-4)15-9/h10,12H,6-9H2,1-5H3;8,10H,5-7H2,1-4H3,(H,14,15)/t12-;10-/m11/s1. The molecule has 14 heteroatoms. The van der Waals surface area contributed by atoms with Gasteiger partial charge in [-0.1, -0.05) is 0 Å². The van der Waals surface area contributed by atoms with Crippen molar-refractivity contribution in [2.45, 2.75) is 97.4 Å². The summed E-state index contributed by atoms with van der Waals surface area (Å²) in [5.41, 5.74) is 0.761. The number of ether oxygens (including phenoxy) is 3. The Balaban J connectivity index is 0.000000242. The fourth-order valence-corrected chi connectivity index (χ4v) is 6.21. The average molecular weight is 639 g/mol. The van der Waals surface area contributed by atoms with E-state index in [9.17, 15) is 14.4 Å². The number of nitrogens with zero attached hydrogens (tertiary/aromatic N) is 5. The number of likely N-dealkylation sites (tertiary alicyclic amines) is 2. The van der Waals surface area contributed by atoms with E-state index in [2.05, 4.69) is 15.3 Å². The lowest BCUT2D eigenvalue weighted by atomic mass is 10.2. The van der Waals surface area contributed by atoms with Gasteiger partial charge in [-0.05, 0) is 74.1 Å². The summed E-state index contributed by atoms with van der Waals surface area (Å²) < 4.78 is 15.9. The van der Waals surface area contributed by atoms with Gasteiger partial charge in [0.15, 0.2) is 10.3 Å². The predicted molar refractivity (Wildman–Crippen MR) is 169 cm³/mol. The van der Waals surface area contributed by atoms with Crippen LogP contribution < -0.4 is 10.2 Å². The SMILES string of the molecule is CCOC(=O)N(C)c1nc([C@H]2CCCN2C(=O)OC(C)(C)C)cs1.CNc1nc([C@H]2CCCN2C(=O)OC(C)(C)C)cs1. The molecule has 1 N–H and O–H groups in total. The summed E-state index contributed by atoms with van der Waals surface area (Å²) >= 11 is 2.92. The maximum absolute atomic E-state index is 12.4. The summed E-state index contributed by atoms with van der Waals surface area (Å²) in [6, 6.07) is -0.0614. The molecule has 0 spiro atoms. The zero-order valence-electron chi connectivity index (χ0n) is 26.8. The van der Waals surface area contributed by atoms with Gasteiger partial charge >= 0.3 is 18.3 Å². The van der Waals surface area contributed by atoms with Crippen LogP contribution in [0.15, 0.2) is 10.8 Å². The molecule has 43 heavy (non-hydrogen) atoms. The van der Waals surface area contributed by atoms with E-state index in [-0.39, 0.29) is 24.3 Å². The number of carbonyl (C=O) groups is 3. The number of carbonyl (C=O) groups excluding carboxylic acids is 3. The molecule has 4 heterocycles. The highest BCUT2D eigenvalue weighted by molar-refractivity contribution is 7.14. The Hall–Kier alpha value is -3.13. The lowest BCUT2D eigenvalue weighted by molar-refractivity contribution is 0.0211. The van der Waals surface area contributed by atoms with Crippen LogP contribution in [0.4, 0.5) is 24.6 Å². The summed E-state index contributed by atoms with van der Waals surface area (Å²) in [4.78, 5) is 50.3. The minimum absolute atomic E-state index is 0.0493. The summed E-state index contributed by atoms with van der Waals surface area (Å²) in [6.07, 6.45) is 2.69. The van der Waals surface area contributed by atoms with Crippen molar-refractivity contribution in [2.24, 2.45) is 0 Å². The first-order valence-corrected chi connectivity index (χ1v) is 16.4. The van der Waals surface area contributed by atoms with Gasteiger partial charge in [-0.3, -0.25) is 14.7 Å². The van der Waals surface area contributed by atoms with E-state index in [1.165, 1.54) is 16.2 Å². The van der Waals surface area contributed by atoms with Gasteiger partial charge in [-0.25, -0.2) is 24.4 Å². The third kappa shape index (κ3) is 9.68. The Morgan fingerprint density at radius 1 is 0.907 bits per heavy atom. The van der Waals surface area contributed by atoms with Crippen LogP contribution in [0.3, 0.4) is 0 Å². The zero-order valence-corrected chi connectivity index (χ0v) is 28.4. The molecule has 0 aromatic carbocycles. The molecule has 0 unspecified atom stereocenters. The topological polar surface area (TPSA) is 126 Å². The Labute approximate surface area is 262 Å². The van der Waals surface area contributed by atoms with Crippen LogP contribution in [-0.2, 0) is 14.2 Å². The molecule has 4 rings (SSSR count). The number of hydrogen-bond acceptors (Lipinski definition) is 11. The fraction of sp³-hybridized carbons (Fsp3) is 0.690. The monoisotopic (exact) mass is 638 g/mol. The minimum Gasteiger partial charge on any atom is -0.449 e. The molecule has 2 aromatic heterocycles. The van der Waals surface area contributed by atoms with E-state index < -0.39 is 17.3 Å². The van der Waals surface area contributed by atoms with Crippen molar-refractivity contribution < 1.29 is 28.6 Å². The molecule has 2 aliphatic heterocycles. The Bertz CT molecular complexity index is 1240. The molecule has 2 aliphatic rings. The zero-order chi connectivity index (χ0) is 31.9. The Kier molecular flexibility index (Phi) is 11.6. The van der Waals surface area contributed by atoms with Crippen molar-refractivity contribution >= 4 is 51.2 Å². The molecule has 2 saturated heterocycles. The van der Waals surface area contributed by atoms with Crippen molar-refractivity contribution in [2.75, 3.05) is 44.0 Å². The quantitative estimate of drug-likeness (QED) is 0.342. The molecule has 2 fully saturated rings. The van der Waals surface area contributed by atoms with Crippen LogP contribution in [0.1, 0.15) is 97.6 Å². The van der Waals surface area contributed by atoms with Crippen LogP contribution in [-0.4, -0.2) is 83.0 Å². The van der Waals surface area contributed by atoms with Gasteiger partial charge < -0.3 is 19.5 Å². The summed E-state index contributed by atoms with van der Waals surface area (Å²) in [5, 5.41) is 8.36. The summed E-state index contributed by atoms with van der Waals surface area (Å²) in [6.45, 7) is 14.7. The molecule has 2 aromatic rings. The summed E-state index contributed by atoms with van der Waals surface area (Å²) in [7, 11) is 3.48. The number of aromatic nitrogens is 2. The van der Waals surface area contributed by atoms with Gasteiger partial charge in [0.2, 0.25) is 0 Å². The number of anilines is 2. The second kappa shape index (κ2) is 14.6. The normalized spacial score (nSPS) is 18.5. The number of nitrogens with one attached hydrogen (secondary N) is 1. The largest absolute Gasteiger partial charge is 0.449 e. The van der Waals surface area contributed by atoms with E-state index in [1.807, 2.05) is 59.4 Å². The van der Waals surface area contributed by atoms with E-state index in [0.29, 0.717) is 18.3 Å². The highest BCUT2D eigenvalue weighted by atomic mass is 32.1. The van der Waals surface area contributed by atoms with Crippen LogP contribution >= 0.6 is 22.7 Å². The van der Waals surface area contributed by atoms with E-state index in [0.717, 1.165) is 48.7 Å². The predicted octanol–water partition coefficient (Wildman–Crippen LogP) is 7.06. The van der Waals surface area contributed by atoms with Crippen molar-refractivity contribution in [1.29, 1.82) is 0 Å². The van der Waals surface area contributed by atoms with Crippen LogP contribution in [0.5, 0.6) is 0 Å². The highest BCUT2D eigenvalue weighted by Gasteiger charge is 2.36. The number of rotatable bonds is 5. The molecule has 240 valence electrons. The fourth-order valence-electron chi connectivity index (χ4n) is 4.66. The van der Waals surface area contributed by atoms with Crippen LogP contribution in [0, 0.1) is 0 Å². The van der Waals surface area contributed by atoms with Gasteiger partial charge in [-0.2, -0.15) is 0 Å². The first-order chi connectivity index (χ1) is 20.1. The highest BCUT2D eigenvalue weighted by Crippen LogP contribution is 2.36. The second-order valence-electron chi connectivity index (χ2n) is 12.3. The Morgan fingerprint density at radius 3 is 1.84 bits per heavy atom. The third-order valence-corrected chi connectivity index (χ3v) is 8.33. The number of hydrogen-bond donors (Lipinski definition) is 1. The maximum atomic E-state index is 12.4. The molecular weight excluding hydrogens is 592 g/mol. The molecule has 3 amide bonds. The van der Waals surface area contributed by atoms with Crippen LogP contribution in [0.25, 0.3) is 0 Å². The van der Waals surface area contributed by atoms with Crippen molar-refractivity contribution in [3.63, 3.8) is 0 Å². The van der Waals surface area contributed by atoms with Gasteiger partial charge in [0.05, 0.1) is 30.1 Å². The average Bonchev–Trinajstić information content (AvgIpc) is 3.72. The van der Waals surface area contributed by atoms with Gasteiger partial charge in [0.1, 0.15) is 11.2 Å². The van der Waals surface area contributed by atoms with E-state index in [4.69, 9.17) is 14.2 Å². The van der Waals surface area contributed by atoms with Gasteiger partial charge in [-0.15, -0.1) is 22.7 Å².